The molecular formula is C15H27NO4. The van der Waals surface area contributed by atoms with Gasteiger partial charge in [-0.25, -0.2) is 9.69 Å². The van der Waals surface area contributed by atoms with Crippen molar-refractivity contribution < 1.29 is 19.1 Å². The monoisotopic (exact) mass is 285 g/mol. The Kier molecular flexibility index (Phi) is 4.54. The summed E-state index contributed by atoms with van der Waals surface area (Å²) in [5, 5.41) is 0. The first kappa shape index (κ1) is 17.0. The molecule has 0 aromatic heterocycles. The second-order valence-corrected chi connectivity index (χ2v) is 7.35. The summed E-state index contributed by atoms with van der Waals surface area (Å²) in [7, 11) is 1.49. The van der Waals surface area contributed by atoms with Gasteiger partial charge < -0.3 is 9.47 Å². The number of hydrogen-bond donors (Lipinski definition) is 0. The molecule has 0 saturated carbocycles. The number of carbonyl (C=O) groups is 2. The Labute approximate surface area is 121 Å². The molecule has 0 aliphatic carbocycles. The second kappa shape index (κ2) is 5.35. The standard InChI is InChI=1S/C15H27NO4/c1-9(2)10-15(6,7)20-13(18)16(10)12(17)11(19-8)14(3,4)5/h9-11H,1-8H3/t10-,11+/m0/s1. The number of amides is 2. The van der Waals surface area contributed by atoms with Crippen LogP contribution >= 0.6 is 0 Å². The lowest BCUT2D eigenvalue weighted by atomic mass is 9.85. The molecule has 0 aromatic rings. The molecule has 0 radical (unpaired) electrons. The number of cyclic esters (lactones) is 1. The molecule has 1 aliphatic heterocycles. The molecule has 2 amide bonds. The van der Waals surface area contributed by atoms with Gasteiger partial charge in [0.2, 0.25) is 0 Å². The second-order valence-electron chi connectivity index (χ2n) is 7.35. The van der Waals surface area contributed by atoms with E-state index < -0.39 is 17.8 Å². The largest absolute Gasteiger partial charge is 0.441 e. The highest BCUT2D eigenvalue weighted by atomic mass is 16.6. The molecule has 0 unspecified atom stereocenters. The van der Waals surface area contributed by atoms with Crippen LogP contribution in [0.25, 0.3) is 0 Å². The predicted octanol–water partition coefficient (Wildman–Crippen LogP) is 2.83. The third-order valence-electron chi connectivity index (χ3n) is 3.65. The maximum absolute atomic E-state index is 12.7. The van der Waals surface area contributed by atoms with Crippen LogP contribution in [0.1, 0.15) is 48.5 Å². The van der Waals surface area contributed by atoms with E-state index >= 15 is 0 Å². The molecule has 1 heterocycles. The summed E-state index contributed by atoms with van der Waals surface area (Å²) in [6, 6.07) is -0.289. The Morgan fingerprint density at radius 2 is 1.85 bits per heavy atom. The molecule has 0 bridgehead atoms. The SMILES string of the molecule is CO[C@H](C(=O)N1C(=O)OC(C)(C)[C@@H]1C(C)C)C(C)(C)C. The quantitative estimate of drug-likeness (QED) is 0.800. The molecule has 0 spiro atoms. The van der Waals surface area contributed by atoms with Crippen molar-refractivity contribution in [3.63, 3.8) is 0 Å². The minimum Gasteiger partial charge on any atom is -0.441 e. The van der Waals surface area contributed by atoms with Gasteiger partial charge in [0.15, 0.2) is 0 Å². The van der Waals surface area contributed by atoms with Gasteiger partial charge in [-0.2, -0.15) is 0 Å². The molecular weight excluding hydrogens is 258 g/mol. The van der Waals surface area contributed by atoms with Crippen molar-refractivity contribution in [2.75, 3.05) is 7.11 Å². The average molecular weight is 285 g/mol. The van der Waals surface area contributed by atoms with Gasteiger partial charge in [0, 0.05) is 7.11 Å². The minimum atomic E-state index is -0.683. The maximum Gasteiger partial charge on any atom is 0.417 e. The van der Waals surface area contributed by atoms with Crippen molar-refractivity contribution >= 4 is 12.0 Å². The highest BCUT2D eigenvalue weighted by Crippen LogP contribution is 2.36. The summed E-state index contributed by atoms with van der Waals surface area (Å²) < 4.78 is 10.7. The molecule has 20 heavy (non-hydrogen) atoms. The molecule has 1 saturated heterocycles. The number of carbonyl (C=O) groups excluding carboxylic acids is 2. The van der Waals surface area contributed by atoms with E-state index in [9.17, 15) is 9.59 Å². The van der Waals surface area contributed by atoms with Crippen LogP contribution in [0, 0.1) is 11.3 Å². The van der Waals surface area contributed by atoms with Crippen LogP contribution in [0.2, 0.25) is 0 Å². The van der Waals surface area contributed by atoms with Crippen molar-refractivity contribution in [2.45, 2.75) is 66.2 Å². The zero-order valence-corrected chi connectivity index (χ0v) is 13.8. The number of methoxy groups -OCH3 is 1. The zero-order chi connectivity index (χ0) is 15.9. The minimum absolute atomic E-state index is 0.109. The highest BCUT2D eigenvalue weighted by molar-refractivity contribution is 5.96. The van der Waals surface area contributed by atoms with E-state index in [1.54, 1.807) is 0 Å². The van der Waals surface area contributed by atoms with Gasteiger partial charge in [0.05, 0.1) is 6.04 Å². The van der Waals surface area contributed by atoms with Crippen LogP contribution in [-0.2, 0) is 14.3 Å². The lowest BCUT2D eigenvalue weighted by Crippen LogP contribution is -2.53. The lowest BCUT2D eigenvalue weighted by molar-refractivity contribution is -0.147. The smallest absolute Gasteiger partial charge is 0.417 e. The predicted molar refractivity (Wildman–Crippen MR) is 76.3 cm³/mol. The van der Waals surface area contributed by atoms with Crippen molar-refractivity contribution in [1.29, 1.82) is 0 Å². The fourth-order valence-electron chi connectivity index (χ4n) is 3.04. The molecule has 116 valence electrons. The molecule has 1 aliphatic rings. The van der Waals surface area contributed by atoms with E-state index in [0.29, 0.717) is 0 Å². The van der Waals surface area contributed by atoms with Crippen LogP contribution in [0.3, 0.4) is 0 Å². The molecule has 0 N–H and O–H groups in total. The summed E-state index contributed by atoms with van der Waals surface area (Å²) in [6.45, 7) is 13.4. The van der Waals surface area contributed by atoms with E-state index in [1.807, 2.05) is 48.5 Å². The number of nitrogens with zero attached hydrogens (tertiary/aromatic N) is 1. The molecule has 5 heteroatoms. The van der Waals surface area contributed by atoms with E-state index in [0.717, 1.165) is 0 Å². The van der Waals surface area contributed by atoms with E-state index in [4.69, 9.17) is 9.47 Å². The Morgan fingerprint density at radius 1 is 1.35 bits per heavy atom. The van der Waals surface area contributed by atoms with Crippen molar-refractivity contribution in [3.05, 3.63) is 0 Å². The maximum atomic E-state index is 12.7. The van der Waals surface area contributed by atoms with Crippen LogP contribution < -0.4 is 0 Å². The van der Waals surface area contributed by atoms with Gasteiger partial charge >= 0.3 is 6.09 Å². The molecule has 1 fully saturated rings. The summed E-state index contributed by atoms with van der Waals surface area (Å²) in [5.41, 5.74) is -1.07. The van der Waals surface area contributed by atoms with Crippen molar-refractivity contribution in [2.24, 2.45) is 11.3 Å². The number of hydrogen-bond acceptors (Lipinski definition) is 4. The van der Waals surface area contributed by atoms with Gasteiger partial charge in [-0.1, -0.05) is 34.6 Å². The van der Waals surface area contributed by atoms with Gasteiger partial charge in [-0.3, -0.25) is 4.79 Å². The number of imide groups is 1. The fourth-order valence-corrected chi connectivity index (χ4v) is 3.04. The van der Waals surface area contributed by atoms with Crippen molar-refractivity contribution in [3.8, 4) is 0 Å². The zero-order valence-electron chi connectivity index (χ0n) is 13.8. The van der Waals surface area contributed by atoms with Gasteiger partial charge in [-0.05, 0) is 25.2 Å². The first-order chi connectivity index (χ1) is 8.93. The van der Waals surface area contributed by atoms with Crippen LogP contribution in [-0.4, -0.2) is 41.8 Å². The topological polar surface area (TPSA) is 55.8 Å². The third-order valence-corrected chi connectivity index (χ3v) is 3.65. The van der Waals surface area contributed by atoms with Gasteiger partial charge in [0.25, 0.3) is 5.91 Å². The van der Waals surface area contributed by atoms with Crippen LogP contribution in [0.15, 0.2) is 0 Å². The summed E-state index contributed by atoms with van der Waals surface area (Å²) in [6.07, 6.45) is -1.25. The summed E-state index contributed by atoms with van der Waals surface area (Å²) in [5.74, 6) is -0.216. The van der Waals surface area contributed by atoms with Crippen LogP contribution in [0.5, 0.6) is 0 Å². The van der Waals surface area contributed by atoms with Crippen molar-refractivity contribution in [1.82, 2.24) is 4.90 Å². The van der Waals surface area contributed by atoms with E-state index in [1.165, 1.54) is 12.0 Å². The Balaban J connectivity index is 3.16. The summed E-state index contributed by atoms with van der Waals surface area (Å²) in [4.78, 5) is 26.1. The van der Waals surface area contributed by atoms with Gasteiger partial charge in [0.1, 0.15) is 11.7 Å². The number of ether oxygens (including phenoxy) is 2. The Morgan fingerprint density at radius 3 is 2.20 bits per heavy atom. The first-order valence-corrected chi connectivity index (χ1v) is 7.02. The van der Waals surface area contributed by atoms with E-state index in [-0.39, 0.29) is 23.3 Å². The lowest BCUT2D eigenvalue weighted by Gasteiger charge is -2.35. The summed E-state index contributed by atoms with van der Waals surface area (Å²) >= 11 is 0. The van der Waals surface area contributed by atoms with E-state index in [2.05, 4.69) is 0 Å². The van der Waals surface area contributed by atoms with Gasteiger partial charge in [-0.15, -0.1) is 0 Å². The molecule has 5 nitrogen and oxygen atoms in total. The first-order valence-electron chi connectivity index (χ1n) is 7.02. The normalized spacial score (nSPS) is 23.9. The Bertz CT molecular complexity index is 395. The molecule has 2 atom stereocenters. The molecule has 0 aromatic carbocycles. The molecule has 1 rings (SSSR count). The van der Waals surface area contributed by atoms with Crippen LogP contribution in [0.4, 0.5) is 4.79 Å². The Hall–Kier alpha value is -1.10. The highest BCUT2D eigenvalue weighted by Gasteiger charge is 2.54. The number of rotatable bonds is 3. The fraction of sp³-hybridized carbons (Fsp3) is 0.867. The third kappa shape index (κ3) is 2.97. The average Bonchev–Trinajstić information content (AvgIpc) is 2.46.